The summed E-state index contributed by atoms with van der Waals surface area (Å²) in [5.74, 6) is 0. The minimum Gasteiger partial charge on any atom is -0.376 e. The van der Waals surface area contributed by atoms with Gasteiger partial charge in [-0.3, -0.25) is 4.79 Å². The normalized spacial score (nSPS) is 15.9. The van der Waals surface area contributed by atoms with E-state index in [0.29, 0.717) is 30.3 Å². The van der Waals surface area contributed by atoms with E-state index in [0.717, 1.165) is 47.0 Å². The summed E-state index contributed by atoms with van der Waals surface area (Å²) >= 11 is 5.74. The van der Waals surface area contributed by atoms with Gasteiger partial charge in [-0.05, 0) is 67.7 Å². The van der Waals surface area contributed by atoms with Crippen LogP contribution in [0.2, 0.25) is 0 Å². The Balaban J connectivity index is 1.57. The zero-order chi connectivity index (χ0) is 21.8. The van der Waals surface area contributed by atoms with Crippen LogP contribution in [0, 0.1) is 13.8 Å². The predicted octanol–water partition coefficient (Wildman–Crippen LogP) is 4.20. The van der Waals surface area contributed by atoms with Crippen LogP contribution >= 0.6 is 12.2 Å². The average molecular weight is 436 g/mol. The summed E-state index contributed by atoms with van der Waals surface area (Å²) < 4.78 is 5.85. The first kappa shape index (κ1) is 21.5. The molecule has 0 bridgehead atoms. The molecule has 1 fully saturated rings. The van der Waals surface area contributed by atoms with Crippen LogP contribution in [0.15, 0.2) is 53.3 Å². The van der Waals surface area contributed by atoms with E-state index in [-0.39, 0.29) is 11.7 Å². The molecule has 0 saturated carbocycles. The second kappa shape index (κ2) is 9.62. The fraction of sp³-hybridized carbons (Fsp3) is 0.360. The van der Waals surface area contributed by atoms with E-state index >= 15 is 0 Å². The van der Waals surface area contributed by atoms with Crippen LogP contribution < -0.4 is 10.9 Å². The number of rotatable bonds is 6. The molecular formula is C25H29N3O2S. The lowest BCUT2D eigenvalue weighted by molar-refractivity contribution is 0.0896. The molecular weight excluding hydrogens is 406 g/mol. The van der Waals surface area contributed by atoms with Gasteiger partial charge in [0.25, 0.3) is 5.56 Å². The van der Waals surface area contributed by atoms with Gasteiger partial charge in [0.15, 0.2) is 5.11 Å². The van der Waals surface area contributed by atoms with Crippen molar-refractivity contribution in [3.05, 3.63) is 81.1 Å². The fourth-order valence-corrected chi connectivity index (χ4v) is 4.39. The largest absolute Gasteiger partial charge is 0.376 e. The SMILES string of the molecule is Cc1cc(C)c2cc(CN(C[C@@H]3CCCO3)C(=S)NCc3ccccc3)c(=O)[nH]c2c1. The van der Waals surface area contributed by atoms with Gasteiger partial charge in [-0.1, -0.05) is 36.4 Å². The number of ether oxygens (including phenoxy) is 1. The third kappa shape index (κ3) is 5.32. The molecule has 2 aromatic carbocycles. The minimum absolute atomic E-state index is 0.0688. The molecule has 0 radical (unpaired) electrons. The zero-order valence-corrected chi connectivity index (χ0v) is 18.9. The van der Waals surface area contributed by atoms with Crippen LogP contribution in [0.4, 0.5) is 0 Å². The van der Waals surface area contributed by atoms with Crippen LogP contribution in [0.25, 0.3) is 10.9 Å². The first-order chi connectivity index (χ1) is 15.0. The molecule has 4 rings (SSSR count). The van der Waals surface area contributed by atoms with E-state index in [2.05, 4.69) is 40.3 Å². The van der Waals surface area contributed by atoms with E-state index < -0.39 is 0 Å². The first-order valence-electron chi connectivity index (χ1n) is 10.8. The van der Waals surface area contributed by atoms with Crippen molar-refractivity contribution < 1.29 is 4.74 Å². The van der Waals surface area contributed by atoms with Gasteiger partial charge in [0.2, 0.25) is 0 Å². The highest BCUT2D eigenvalue weighted by Gasteiger charge is 2.22. The first-order valence-corrected chi connectivity index (χ1v) is 11.2. The molecule has 3 aromatic rings. The Labute approximate surface area is 188 Å². The Morgan fingerprint density at radius 1 is 1.23 bits per heavy atom. The van der Waals surface area contributed by atoms with E-state index in [4.69, 9.17) is 17.0 Å². The molecule has 0 unspecified atom stereocenters. The summed E-state index contributed by atoms with van der Waals surface area (Å²) in [5, 5.41) is 5.07. The highest BCUT2D eigenvalue weighted by molar-refractivity contribution is 7.80. The van der Waals surface area contributed by atoms with E-state index in [9.17, 15) is 4.79 Å². The van der Waals surface area contributed by atoms with E-state index in [1.165, 1.54) is 0 Å². The molecule has 1 saturated heterocycles. The number of pyridine rings is 1. The topological polar surface area (TPSA) is 57.4 Å². The lowest BCUT2D eigenvalue weighted by Gasteiger charge is -2.28. The molecule has 0 spiro atoms. The number of hydrogen-bond donors (Lipinski definition) is 2. The third-order valence-corrected chi connectivity index (χ3v) is 6.18. The van der Waals surface area contributed by atoms with Crippen LogP contribution in [0.3, 0.4) is 0 Å². The fourth-order valence-electron chi connectivity index (χ4n) is 4.18. The Morgan fingerprint density at radius 2 is 2.03 bits per heavy atom. The van der Waals surface area contributed by atoms with Crippen molar-refractivity contribution in [3.8, 4) is 0 Å². The Bertz CT molecular complexity index is 1120. The summed E-state index contributed by atoms with van der Waals surface area (Å²) in [6, 6.07) is 16.3. The van der Waals surface area contributed by atoms with Crippen molar-refractivity contribution in [3.63, 3.8) is 0 Å². The number of aryl methyl sites for hydroxylation is 2. The van der Waals surface area contributed by atoms with Gasteiger partial charge in [-0.2, -0.15) is 0 Å². The summed E-state index contributed by atoms with van der Waals surface area (Å²) in [6.07, 6.45) is 2.22. The standard InChI is InChI=1S/C25H29N3O2S/c1-17-11-18(2)22-13-20(24(29)27-23(22)12-17)15-28(16-21-9-6-10-30-21)25(31)26-14-19-7-4-3-5-8-19/h3-5,7-8,11-13,21H,6,9-10,14-16H2,1-2H3,(H,26,31)(H,27,29)/t21-/m0/s1. The molecule has 6 heteroatoms. The highest BCUT2D eigenvalue weighted by Crippen LogP contribution is 2.20. The number of fused-ring (bicyclic) bond motifs is 1. The predicted molar refractivity (Wildman–Crippen MR) is 129 cm³/mol. The second-order valence-electron chi connectivity index (χ2n) is 8.33. The van der Waals surface area contributed by atoms with Gasteiger partial charge in [0.05, 0.1) is 12.6 Å². The molecule has 1 atom stereocenters. The number of aromatic nitrogens is 1. The Morgan fingerprint density at radius 3 is 2.77 bits per heavy atom. The number of thiocarbonyl (C=S) groups is 1. The molecule has 1 aromatic heterocycles. The molecule has 1 aliphatic rings. The third-order valence-electron chi connectivity index (χ3n) is 5.77. The summed E-state index contributed by atoms with van der Waals surface area (Å²) in [5.41, 5.74) is 4.97. The zero-order valence-electron chi connectivity index (χ0n) is 18.1. The second-order valence-corrected chi connectivity index (χ2v) is 8.71. The van der Waals surface area contributed by atoms with Crippen molar-refractivity contribution in [2.45, 2.75) is 45.9 Å². The van der Waals surface area contributed by atoms with Crippen LogP contribution in [-0.2, 0) is 17.8 Å². The summed E-state index contributed by atoms with van der Waals surface area (Å²) in [4.78, 5) is 18.0. The van der Waals surface area contributed by atoms with Gasteiger partial charge in [0.1, 0.15) is 0 Å². The minimum atomic E-state index is -0.0688. The van der Waals surface area contributed by atoms with Crippen LogP contribution in [-0.4, -0.2) is 34.3 Å². The molecule has 0 amide bonds. The summed E-state index contributed by atoms with van der Waals surface area (Å²) in [6.45, 7) is 6.67. The number of hydrogen-bond acceptors (Lipinski definition) is 3. The average Bonchev–Trinajstić information content (AvgIpc) is 3.26. The van der Waals surface area contributed by atoms with Gasteiger partial charge in [-0.25, -0.2) is 0 Å². The van der Waals surface area contributed by atoms with Crippen molar-refractivity contribution in [1.29, 1.82) is 0 Å². The number of nitrogens with one attached hydrogen (secondary N) is 2. The maximum atomic E-state index is 12.9. The number of aromatic amines is 1. The molecule has 5 nitrogen and oxygen atoms in total. The molecule has 0 aliphatic carbocycles. The van der Waals surface area contributed by atoms with Crippen LogP contribution in [0.1, 0.15) is 35.1 Å². The quantitative estimate of drug-likeness (QED) is 0.569. The molecule has 2 N–H and O–H groups in total. The van der Waals surface area contributed by atoms with Crippen molar-refractivity contribution in [2.75, 3.05) is 13.2 Å². The van der Waals surface area contributed by atoms with Gasteiger partial charge >= 0.3 is 0 Å². The molecule has 31 heavy (non-hydrogen) atoms. The Kier molecular flexibility index (Phi) is 6.68. The lowest BCUT2D eigenvalue weighted by Crippen LogP contribution is -2.43. The number of H-pyrrole nitrogens is 1. The van der Waals surface area contributed by atoms with E-state index in [1.54, 1.807) is 0 Å². The maximum absolute atomic E-state index is 12.9. The summed E-state index contributed by atoms with van der Waals surface area (Å²) in [7, 11) is 0. The monoisotopic (exact) mass is 435 g/mol. The van der Waals surface area contributed by atoms with E-state index in [1.807, 2.05) is 37.3 Å². The molecule has 162 valence electrons. The number of benzene rings is 2. The number of nitrogens with zero attached hydrogens (tertiary/aromatic N) is 1. The van der Waals surface area contributed by atoms with Crippen molar-refractivity contribution in [1.82, 2.24) is 15.2 Å². The maximum Gasteiger partial charge on any atom is 0.253 e. The van der Waals surface area contributed by atoms with Crippen LogP contribution in [0.5, 0.6) is 0 Å². The molecule has 1 aliphatic heterocycles. The smallest absolute Gasteiger partial charge is 0.253 e. The lowest BCUT2D eigenvalue weighted by atomic mass is 10.0. The highest BCUT2D eigenvalue weighted by atomic mass is 32.1. The Hall–Kier alpha value is -2.70. The van der Waals surface area contributed by atoms with Gasteiger partial charge < -0.3 is 19.9 Å². The van der Waals surface area contributed by atoms with Gasteiger partial charge in [0, 0.05) is 36.2 Å². The molecule has 2 heterocycles. The van der Waals surface area contributed by atoms with Crippen molar-refractivity contribution >= 4 is 28.2 Å². The van der Waals surface area contributed by atoms with Crippen molar-refractivity contribution in [2.24, 2.45) is 0 Å². The van der Waals surface area contributed by atoms with Gasteiger partial charge in [-0.15, -0.1) is 0 Å².